The van der Waals surface area contributed by atoms with Crippen LogP contribution < -0.4 is 5.32 Å². The van der Waals surface area contributed by atoms with E-state index in [-0.39, 0.29) is 12.5 Å². The number of carbonyl (C=O) groups excluding carboxylic acids is 1. The molecule has 1 N–H and O–H groups in total. The molecule has 1 aromatic carbocycles. The lowest BCUT2D eigenvalue weighted by Gasteiger charge is -2.06. The molecule has 1 aromatic rings. The van der Waals surface area contributed by atoms with Gasteiger partial charge >= 0.3 is 0 Å². The highest BCUT2D eigenvalue weighted by Gasteiger charge is 2.03. The first-order valence-electron chi connectivity index (χ1n) is 5.83. The van der Waals surface area contributed by atoms with Crippen molar-refractivity contribution in [3.8, 4) is 6.07 Å². The third-order valence-electron chi connectivity index (χ3n) is 2.40. The maximum absolute atomic E-state index is 11.4. The number of rotatable bonds is 5. The van der Waals surface area contributed by atoms with Gasteiger partial charge in [-0.15, -0.1) is 0 Å². The van der Waals surface area contributed by atoms with E-state index in [1.54, 1.807) is 0 Å². The molecule has 0 aliphatic heterocycles. The van der Waals surface area contributed by atoms with Crippen molar-refractivity contribution in [3.05, 3.63) is 35.4 Å². The zero-order chi connectivity index (χ0) is 12.7. The van der Waals surface area contributed by atoms with Gasteiger partial charge in [-0.2, -0.15) is 5.26 Å². The molecule has 3 nitrogen and oxygen atoms in total. The van der Waals surface area contributed by atoms with Gasteiger partial charge in [-0.1, -0.05) is 38.1 Å². The first kappa shape index (κ1) is 13.2. The number of benzene rings is 1. The van der Waals surface area contributed by atoms with Crippen molar-refractivity contribution in [2.75, 3.05) is 6.54 Å². The third-order valence-corrected chi connectivity index (χ3v) is 2.40. The second kappa shape index (κ2) is 6.70. The van der Waals surface area contributed by atoms with Crippen LogP contribution in [0.5, 0.6) is 0 Å². The Balaban J connectivity index is 2.51. The number of hydrogen-bond acceptors (Lipinski definition) is 2. The Morgan fingerprint density at radius 1 is 1.29 bits per heavy atom. The molecule has 0 unspecified atom stereocenters. The fourth-order valence-electron chi connectivity index (χ4n) is 1.65. The van der Waals surface area contributed by atoms with Crippen LogP contribution in [-0.4, -0.2) is 12.5 Å². The van der Waals surface area contributed by atoms with E-state index in [0.717, 1.165) is 12.0 Å². The topological polar surface area (TPSA) is 52.9 Å². The van der Waals surface area contributed by atoms with Gasteiger partial charge < -0.3 is 5.32 Å². The summed E-state index contributed by atoms with van der Waals surface area (Å²) < 4.78 is 0. The fourth-order valence-corrected chi connectivity index (χ4v) is 1.65. The molecule has 3 heteroatoms. The van der Waals surface area contributed by atoms with Gasteiger partial charge in [0.25, 0.3) is 0 Å². The Hall–Kier alpha value is -1.82. The summed E-state index contributed by atoms with van der Waals surface area (Å²) in [6.07, 6.45) is 1.39. The molecular weight excluding hydrogens is 212 g/mol. The van der Waals surface area contributed by atoms with E-state index in [4.69, 9.17) is 5.26 Å². The van der Waals surface area contributed by atoms with Gasteiger partial charge in [0.1, 0.15) is 6.54 Å². The second-order valence-electron chi connectivity index (χ2n) is 4.53. The summed E-state index contributed by atoms with van der Waals surface area (Å²) in [5, 5.41) is 10.9. The molecule has 90 valence electrons. The largest absolute Gasteiger partial charge is 0.343 e. The first-order valence-corrected chi connectivity index (χ1v) is 5.83. The lowest BCUT2D eigenvalue weighted by atomic mass is 10.0. The van der Waals surface area contributed by atoms with Crippen LogP contribution in [0.1, 0.15) is 25.0 Å². The van der Waals surface area contributed by atoms with E-state index in [2.05, 4.69) is 31.3 Å². The average molecular weight is 230 g/mol. The minimum atomic E-state index is -0.108. The predicted octanol–water partition coefficient (Wildman–Crippen LogP) is 2.07. The van der Waals surface area contributed by atoms with Crippen LogP contribution in [0.2, 0.25) is 0 Å². The minimum absolute atomic E-state index is 0.0737. The van der Waals surface area contributed by atoms with Crippen LogP contribution in [0.15, 0.2) is 24.3 Å². The second-order valence-corrected chi connectivity index (χ2v) is 4.53. The maximum Gasteiger partial charge on any atom is 0.225 e. The summed E-state index contributed by atoms with van der Waals surface area (Å²) >= 11 is 0. The third kappa shape index (κ3) is 5.17. The van der Waals surface area contributed by atoms with E-state index in [1.165, 1.54) is 5.56 Å². The molecule has 0 saturated heterocycles. The number of nitriles is 1. The average Bonchev–Trinajstić information content (AvgIpc) is 2.28. The fraction of sp³-hybridized carbons (Fsp3) is 0.429. The highest BCUT2D eigenvalue weighted by molar-refractivity contribution is 5.78. The van der Waals surface area contributed by atoms with E-state index >= 15 is 0 Å². The molecule has 0 radical (unpaired) electrons. The number of amides is 1. The van der Waals surface area contributed by atoms with Gasteiger partial charge in [-0.05, 0) is 23.5 Å². The number of carbonyl (C=O) groups is 1. The predicted molar refractivity (Wildman–Crippen MR) is 67.3 cm³/mol. The summed E-state index contributed by atoms with van der Waals surface area (Å²) in [4.78, 5) is 11.4. The Morgan fingerprint density at radius 2 is 1.88 bits per heavy atom. The van der Waals surface area contributed by atoms with Crippen molar-refractivity contribution in [2.24, 2.45) is 5.92 Å². The first-order chi connectivity index (χ1) is 8.11. The van der Waals surface area contributed by atoms with Gasteiger partial charge in [-0.25, -0.2) is 0 Å². The minimum Gasteiger partial charge on any atom is -0.343 e. The molecular formula is C14H18N2O. The lowest BCUT2D eigenvalue weighted by Crippen LogP contribution is -2.25. The van der Waals surface area contributed by atoms with Crippen molar-refractivity contribution in [1.29, 1.82) is 5.26 Å². The SMILES string of the molecule is CC(C)Cc1ccc(CC(=O)NCC#N)cc1. The Labute approximate surface area is 102 Å². The maximum atomic E-state index is 11.4. The van der Waals surface area contributed by atoms with E-state index < -0.39 is 0 Å². The van der Waals surface area contributed by atoms with Crippen molar-refractivity contribution in [1.82, 2.24) is 5.32 Å². The smallest absolute Gasteiger partial charge is 0.225 e. The molecule has 0 atom stereocenters. The molecule has 1 amide bonds. The zero-order valence-corrected chi connectivity index (χ0v) is 10.4. The van der Waals surface area contributed by atoms with Crippen LogP contribution in [0, 0.1) is 17.2 Å². The standard InChI is InChI=1S/C14H18N2O/c1-11(2)9-12-3-5-13(6-4-12)10-14(17)16-8-7-15/h3-6,11H,8-10H2,1-2H3,(H,16,17). The van der Waals surface area contributed by atoms with Gasteiger partial charge in [-0.3, -0.25) is 4.79 Å². The van der Waals surface area contributed by atoms with Gasteiger partial charge in [0, 0.05) is 0 Å². The van der Waals surface area contributed by atoms with E-state index in [0.29, 0.717) is 12.3 Å². The van der Waals surface area contributed by atoms with Crippen LogP contribution in [0.3, 0.4) is 0 Å². The highest BCUT2D eigenvalue weighted by Crippen LogP contribution is 2.10. The highest BCUT2D eigenvalue weighted by atomic mass is 16.1. The molecule has 0 fully saturated rings. The molecule has 0 spiro atoms. The Morgan fingerprint density at radius 3 is 2.41 bits per heavy atom. The zero-order valence-electron chi connectivity index (χ0n) is 10.4. The summed E-state index contributed by atoms with van der Waals surface area (Å²) in [5.74, 6) is 0.530. The van der Waals surface area contributed by atoms with Crippen LogP contribution >= 0.6 is 0 Å². The molecule has 0 aliphatic rings. The Bertz CT molecular complexity index is 401. The van der Waals surface area contributed by atoms with Crippen molar-refractivity contribution < 1.29 is 4.79 Å². The molecule has 0 heterocycles. The number of nitrogens with zero attached hydrogens (tertiary/aromatic N) is 1. The van der Waals surface area contributed by atoms with Gasteiger partial charge in [0.05, 0.1) is 12.5 Å². The monoisotopic (exact) mass is 230 g/mol. The van der Waals surface area contributed by atoms with E-state index in [1.807, 2.05) is 18.2 Å². The normalized spacial score (nSPS) is 10.0. The Kier molecular flexibility index (Phi) is 5.22. The molecule has 0 saturated carbocycles. The van der Waals surface area contributed by atoms with Crippen molar-refractivity contribution in [3.63, 3.8) is 0 Å². The molecule has 17 heavy (non-hydrogen) atoms. The number of nitrogens with one attached hydrogen (secondary N) is 1. The van der Waals surface area contributed by atoms with Crippen LogP contribution in [0.4, 0.5) is 0 Å². The summed E-state index contributed by atoms with van der Waals surface area (Å²) in [6, 6.07) is 9.96. The van der Waals surface area contributed by atoms with Crippen LogP contribution in [-0.2, 0) is 17.6 Å². The summed E-state index contributed by atoms with van der Waals surface area (Å²) in [7, 11) is 0. The van der Waals surface area contributed by atoms with Crippen molar-refractivity contribution in [2.45, 2.75) is 26.7 Å². The lowest BCUT2D eigenvalue weighted by molar-refractivity contribution is -0.120. The van der Waals surface area contributed by atoms with Crippen molar-refractivity contribution >= 4 is 5.91 Å². The summed E-state index contributed by atoms with van der Waals surface area (Å²) in [6.45, 7) is 4.44. The molecule has 0 aromatic heterocycles. The number of hydrogen-bond donors (Lipinski definition) is 1. The van der Waals surface area contributed by atoms with Gasteiger partial charge in [0.15, 0.2) is 0 Å². The van der Waals surface area contributed by atoms with E-state index in [9.17, 15) is 4.79 Å². The van der Waals surface area contributed by atoms with Crippen LogP contribution in [0.25, 0.3) is 0 Å². The molecule has 1 rings (SSSR count). The van der Waals surface area contributed by atoms with Gasteiger partial charge in [0.2, 0.25) is 5.91 Å². The molecule has 0 bridgehead atoms. The summed E-state index contributed by atoms with van der Waals surface area (Å²) in [5.41, 5.74) is 2.27. The quantitative estimate of drug-likeness (QED) is 0.787. The molecule has 0 aliphatic carbocycles.